The van der Waals surface area contributed by atoms with E-state index in [2.05, 4.69) is 72.6 Å². The molecular weight excluding hydrogens is 400 g/mol. The number of hydrogen-bond donors (Lipinski definition) is 0. The van der Waals surface area contributed by atoms with Gasteiger partial charge in [-0.25, -0.2) is 0 Å². The lowest BCUT2D eigenvalue weighted by atomic mass is 9.64. The molecule has 0 amide bonds. The van der Waals surface area contributed by atoms with Crippen LogP contribution >= 0.6 is 31.9 Å². The topological polar surface area (TPSA) is 0 Å². The van der Waals surface area contributed by atoms with Crippen molar-refractivity contribution < 1.29 is 0 Å². The highest BCUT2D eigenvalue weighted by molar-refractivity contribution is 9.28. The Morgan fingerprint density at radius 2 is 1.45 bits per heavy atom. The number of unbranched alkanes of at least 4 members (excludes halogenated alkanes) is 2. The van der Waals surface area contributed by atoms with E-state index in [1.807, 2.05) is 0 Å². The van der Waals surface area contributed by atoms with Crippen molar-refractivity contribution >= 4 is 31.9 Å². The second-order valence-electron chi connectivity index (χ2n) is 8.83. The Morgan fingerprint density at radius 3 is 1.86 bits per heavy atom. The zero-order chi connectivity index (χ0) is 16.6. The zero-order valence-electron chi connectivity index (χ0n) is 15.0. The van der Waals surface area contributed by atoms with E-state index in [1.165, 1.54) is 51.4 Å². The molecule has 0 unspecified atom stereocenters. The summed E-state index contributed by atoms with van der Waals surface area (Å²) < 4.78 is 1.13. The van der Waals surface area contributed by atoms with Gasteiger partial charge in [0.25, 0.3) is 0 Å². The van der Waals surface area contributed by atoms with Crippen molar-refractivity contribution in [2.45, 2.75) is 86.0 Å². The van der Waals surface area contributed by atoms with E-state index in [0.717, 1.165) is 3.39 Å². The van der Waals surface area contributed by atoms with E-state index in [1.54, 1.807) is 11.1 Å². The van der Waals surface area contributed by atoms with Crippen LogP contribution in [0.2, 0.25) is 0 Å². The molecule has 0 saturated carbocycles. The predicted octanol–water partition coefficient (Wildman–Crippen LogP) is 8.12. The Hall–Kier alpha value is 0.440. The van der Waals surface area contributed by atoms with Gasteiger partial charge in [0.05, 0.1) is 3.39 Å². The van der Waals surface area contributed by atoms with E-state index in [9.17, 15) is 0 Å². The summed E-state index contributed by atoms with van der Waals surface area (Å²) in [4.78, 5) is 0. The SMILES string of the molecule is CCCCCC1(C=C(Br)Br)CC2=C(C1)C(C)(C)CCC2(C)C. The molecule has 126 valence electrons. The first-order valence-electron chi connectivity index (χ1n) is 8.89. The van der Waals surface area contributed by atoms with Crippen LogP contribution in [0.1, 0.15) is 86.0 Å². The first kappa shape index (κ1) is 18.8. The highest BCUT2D eigenvalue weighted by Crippen LogP contribution is 2.61. The second-order valence-corrected chi connectivity index (χ2v) is 11.6. The van der Waals surface area contributed by atoms with Gasteiger partial charge in [-0.3, -0.25) is 0 Å². The average molecular weight is 432 g/mol. The van der Waals surface area contributed by atoms with Gasteiger partial charge in [0.15, 0.2) is 0 Å². The Kier molecular flexibility index (Phi) is 5.76. The van der Waals surface area contributed by atoms with Crippen molar-refractivity contribution in [3.8, 4) is 0 Å². The fourth-order valence-corrected chi connectivity index (χ4v) is 5.48. The summed E-state index contributed by atoms with van der Waals surface area (Å²) in [5.74, 6) is 0. The fraction of sp³-hybridized carbons (Fsp3) is 0.800. The maximum absolute atomic E-state index is 3.64. The maximum atomic E-state index is 3.64. The minimum absolute atomic E-state index is 0.334. The fourth-order valence-electron chi connectivity index (χ4n) is 4.51. The molecule has 0 aliphatic heterocycles. The molecule has 2 aliphatic rings. The molecule has 0 N–H and O–H groups in total. The van der Waals surface area contributed by atoms with Gasteiger partial charge < -0.3 is 0 Å². The lowest BCUT2D eigenvalue weighted by Gasteiger charge is -2.41. The van der Waals surface area contributed by atoms with Crippen LogP contribution in [0.15, 0.2) is 20.6 Å². The van der Waals surface area contributed by atoms with Crippen molar-refractivity contribution in [1.82, 2.24) is 0 Å². The summed E-state index contributed by atoms with van der Waals surface area (Å²) in [7, 11) is 0. The molecule has 0 spiro atoms. The molecule has 0 aromatic heterocycles. The molecule has 0 aromatic rings. The highest BCUT2D eigenvalue weighted by Gasteiger charge is 2.48. The van der Waals surface area contributed by atoms with Gasteiger partial charge in [-0.2, -0.15) is 0 Å². The number of hydrogen-bond acceptors (Lipinski definition) is 0. The molecule has 0 fully saturated rings. The van der Waals surface area contributed by atoms with Gasteiger partial charge in [0.1, 0.15) is 0 Å². The van der Waals surface area contributed by atoms with E-state index < -0.39 is 0 Å². The largest absolute Gasteiger partial charge is 0.0654 e. The Labute approximate surface area is 154 Å². The van der Waals surface area contributed by atoms with Crippen LogP contribution in [0, 0.1) is 16.2 Å². The second kappa shape index (κ2) is 6.75. The van der Waals surface area contributed by atoms with E-state index >= 15 is 0 Å². The molecule has 2 heteroatoms. The summed E-state index contributed by atoms with van der Waals surface area (Å²) in [6.45, 7) is 12.2. The van der Waals surface area contributed by atoms with Crippen molar-refractivity contribution in [1.29, 1.82) is 0 Å². The molecule has 0 bridgehead atoms. The summed E-state index contributed by atoms with van der Waals surface area (Å²) >= 11 is 7.29. The molecule has 0 aromatic carbocycles. The normalized spacial score (nSPS) is 25.0. The van der Waals surface area contributed by atoms with E-state index in [4.69, 9.17) is 0 Å². The molecule has 2 rings (SSSR count). The van der Waals surface area contributed by atoms with Gasteiger partial charge in [-0.15, -0.1) is 0 Å². The molecule has 0 atom stereocenters. The van der Waals surface area contributed by atoms with Crippen molar-refractivity contribution in [3.63, 3.8) is 0 Å². The van der Waals surface area contributed by atoms with Crippen LogP contribution in [-0.4, -0.2) is 0 Å². The molecule has 0 heterocycles. The molecule has 2 aliphatic carbocycles. The first-order valence-corrected chi connectivity index (χ1v) is 10.5. The predicted molar refractivity (Wildman–Crippen MR) is 106 cm³/mol. The van der Waals surface area contributed by atoms with Crippen LogP contribution in [0.3, 0.4) is 0 Å². The first-order chi connectivity index (χ1) is 10.1. The highest BCUT2D eigenvalue weighted by atomic mass is 79.9. The lowest BCUT2D eigenvalue weighted by Crippen LogP contribution is -2.28. The van der Waals surface area contributed by atoms with Crippen LogP contribution in [0.25, 0.3) is 0 Å². The van der Waals surface area contributed by atoms with Gasteiger partial charge in [-0.1, -0.05) is 71.1 Å². The monoisotopic (exact) mass is 430 g/mol. The Balaban J connectivity index is 2.33. The van der Waals surface area contributed by atoms with E-state index in [0.29, 0.717) is 16.2 Å². The maximum Gasteiger partial charge on any atom is 0.0570 e. The third kappa shape index (κ3) is 3.91. The molecular formula is C20H32Br2. The van der Waals surface area contributed by atoms with E-state index in [-0.39, 0.29) is 0 Å². The third-order valence-corrected chi connectivity index (χ3v) is 6.58. The van der Waals surface area contributed by atoms with Gasteiger partial charge in [0.2, 0.25) is 0 Å². The van der Waals surface area contributed by atoms with Crippen molar-refractivity contribution in [3.05, 3.63) is 20.6 Å². The standard InChI is InChI=1S/C20H32Br2/c1-6-7-8-9-20(14-17(21)22)12-15-16(13-20)19(4,5)11-10-18(15,2)3/h14H,6-13H2,1-5H3. The number of allylic oxidation sites excluding steroid dienone is 3. The van der Waals surface area contributed by atoms with Crippen molar-refractivity contribution in [2.75, 3.05) is 0 Å². The van der Waals surface area contributed by atoms with Crippen LogP contribution in [-0.2, 0) is 0 Å². The van der Waals surface area contributed by atoms with Crippen LogP contribution in [0.4, 0.5) is 0 Å². The van der Waals surface area contributed by atoms with Crippen LogP contribution in [0.5, 0.6) is 0 Å². The van der Waals surface area contributed by atoms with Crippen molar-refractivity contribution in [2.24, 2.45) is 16.2 Å². The average Bonchev–Trinajstić information content (AvgIpc) is 2.77. The molecule has 22 heavy (non-hydrogen) atoms. The Morgan fingerprint density at radius 1 is 0.955 bits per heavy atom. The third-order valence-electron chi connectivity index (χ3n) is 6.12. The summed E-state index contributed by atoms with van der Waals surface area (Å²) in [5, 5.41) is 0. The minimum atomic E-state index is 0.334. The summed E-state index contributed by atoms with van der Waals surface area (Å²) in [6.07, 6.45) is 13.0. The molecule has 0 nitrogen and oxygen atoms in total. The summed E-state index contributed by atoms with van der Waals surface area (Å²) in [5.41, 5.74) is 4.67. The smallest absolute Gasteiger partial charge is 0.0570 e. The minimum Gasteiger partial charge on any atom is -0.0654 e. The molecule has 0 saturated heterocycles. The van der Waals surface area contributed by atoms with Gasteiger partial charge in [-0.05, 0) is 80.2 Å². The number of halogens is 2. The van der Waals surface area contributed by atoms with Crippen LogP contribution < -0.4 is 0 Å². The van der Waals surface area contributed by atoms with Gasteiger partial charge in [0, 0.05) is 0 Å². The zero-order valence-corrected chi connectivity index (χ0v) is 18.2. The van der Waals surface area contributed by atoms with Gasteiger partial charge >= 0.3 is 0 Å². The quantitative estimate of drug-likeness (QED) is 0.304. The number of rotatable bonds is 5. The summed E-state index contributed by atoms with van der Waals surface area (Å²) in [6, 6.07) is 0. The molecule has 0 radical (unpaired) electrons. The Bertz CT molecular complexity index is 448. The lowest BCUT2D eigenvalue weighted by molar-refractivity contribution is 0.262.